The van der Waals surface area contributed by atoms with E-state index in [1.807, 2.05) is 0 Å². The van der Waals surface area contributed by atoms with Crippen molar-refractivity contribution in [3.8, 4) is 11.5 Å². The predicted octanol–water partition coefficient (Wildman–Crippen LogP) is 4.16. The third-order valence-corrected chi connectivity index (χ3v) is 3.94. The van der Waals surface area contributed by atoms with Gasteiger partial charge in [0.05, 0.1) is 16.8 Å². The minimum absolute atomic E-state index is 0.289. The Balaban J connectivity index is 1.87. The monoisotopic (exact) mass is 358 g/mol. The van der Waals surface area contributed by atoms with Crippen LogP contribution >= 0.6 is 0 Å². The number of ether oxygens (including phenoxy) is 1. The minimum atomic E-state index is -0.403. The number of hydrogen-bond acceptors (Lipinski definition) is 4. The first-order chi connectivity index (χ1) is 13.0. The molecular formula is C22H18N2O3. The highest BCUT2D eigenvalue weighted by molar-refractivity contribution is 6.37. The lowest BCUT2D eigenvalue weighted by Crippen LogP contribution is -2.29. The summed E-state index contributed by atoms with van der Waals surface area (Å²) in [5, 5.41) is 0. The van der Waals surface area contributed by atoms with Crippen molar-refractivity contribution < 1.29 is 14.3 Å². The summed E-state index contributed by atoms with van der Waals surface area (Å²) in [6, 6.07) is 13.7. The van der Waals surface area contributed by atoms with Gasteiger partial charge >= 0.3 is 0 Å². The third-order valence-electron chi connectivity index (χ3n) is 3.94. The fraction of sp³-hybridized carbons (Fsp3) is 0. The Bertz CT molecular complexity index is 932. The van der Waals surface area contributed by atoms with Gasteiger partial charge in [-0.15, -0.1) is 0 Å². The van der Waals surface area contributed by atoms with Crippen LogP contribution in [0.25, 0.3) is 0 Å². The molecule has 2 N–H and O–H groups in total. The summed E-state index contributed by atoms with van der Waals surface area (Å²) in [4.78, 5) is 26.5. The molecule has 1 aliphatic heterocycles. The largest absolute Gasteiger partial charge is 0.457 e. The number of nitrogens with two attached hydrogens (primary N) is 1. The van der Waals surface area contributed by atoms with Crippen LogP contribution < -0.4 is 15.4 Å². The van der Waals surface area contributed by atoms with Crippen LogP contribution in [-0.4, -0.2) is 11.8 Å². The van der Waals surface area contributed by atoms with Crippen LogP contribution in [0.2, 0.25) is 0 Å². The molecule has 0 aromatic heterocycles. The van der Waals surface area contributed by atoms with E-state index >= 15 is 0 Å². The Kier molecular flexibility index (Phi) is 5.04. The van der Waals surface area contributed by atoms with Crippen molar-refractivity contribution in [2.24, 2.45) is 0 Å². The molecule has 0 aliphatic carbocycles. The van der Waals surface area contributed by atoms with E-state index < -0.39 is 11.8 Å². The van der Waals surface area contributed by atoms with Gasteiger partial charge in [0.25, 0.3) is 11.8 Å². The number of nitrogen functional groups attached to an aromatic ring is 1. The van der Waals surface area contributed by atoms with Gasteiger partial charge in [0.2, 0.25) is 0 Å². The van der Waals surface area contributed by atoms with Gasteiger partial charge in [-0.2, -0.15) is 0 Å². The molecule has 0 spiro atoms. The molecule has 1 heterocycles. The average molecular weight is 358 g/mol. The molecule has 3 rings (SSSR count). The zero-order valence-corrected chi connectivity index (χ0v) is 14.6. The highest BCUT2D eigenvalue weighted by atomic mass is 16.5. The van der Waals surface area contributed by atoms with Crippen molar-refractivity contribution in [2.45, 2.75) is 0 Å². The van der Waals surface area contributed by atoms with E-state index in [0.29, 0.717) is 22.9 Å². The Morgan fingerprint density at radius 2 is 1.22 bits per heavy atom. The van der Waals surface area contributed by atoms with E-state index in [1.165, 1.54) is 24.3 Å². The Morgan fingerprint density at radius 3 is 1.67 bits per heavy atom. The smallest absolute Gasteiger partial charge is 0.266 e. The van der Waals surface area contributed by atoms with Crippen molar-refractivity contribution >= 4 is 23.2 Å². The molecule has 1 fully saturated rings. The van der Waals surface area contributed by atoms with Crippen LogP contribution in [0, 0.1) is 0 Å². The van der Waals surface area contributed by atoms with Gasteiger partial charge in [-0.3, -0.25) is 9.59 Å². The standard InChI is InChI=1S/C22H18N2O3/c1-3-5-19-20(6-4-2)22(26)24(21(19)25)16-9-13-18(14-10-16)27-17-11-7-15(23)8-12-17/h3-14H,1-2,23H2/b19-5+,20-6+. The number of carbonyl (C=O) groups is 2. The lowest BCUT2D eigenvalue weighted by atomic mass is 10.1. The summed E-state index contributed by atoms with van der Waals surface area (Å²) in [5.74, 6) is 0.407. The summed E-state index contributed by atoms with van der Waals surface area (Å²) < 4.78 is 5.73. The lowest BCUT2D eigenvalue weighted by Gasteiger charge is -2.14. The second-order valence-corrected chi connectivity index (χ2v) is 5.74. The molecule has 0 atom stereocenters. The fourth-order valence-electron chi connectivity index (χ4n) is 2.69. The fourth-order valence-corrected chi connectivity index (χ4v) is 2.69. The van der Waals surface area contributed by atoms with Crippen LogP contribution in [0.5, 0.6) is 11.5 Å². The number of benzene rings is 2. The van der Waals surface area contributed by atoms with Gasteiger partial charge in [-0.1, -0.05) is 25.3 Å². The van der Waals surface area contributed by atoms with Gasteiger partial charge < -0.3 is 10.5 Å². The molecular weight excluding hydrogens is 340 g/mol. The van der Waals surface area contributed by atoms with Crippen LogP contribution in [0.4, 0.5) is 11.4 Å². The Labute approximate surface area is 157 Å². The van der Waals surface area contributed by atoms with Crippen molar-refractivity contribution in [1.82, 2.24) is 0 Å². The lowest BCUT2D eigenvalue weighted by molar-refractivity contribution is -0.119. The Morgan fingerprint density at radius 1 is 0.778 bits per heavy atom. The highest BCUT2D eigenvalue weighted by Gasteiger charge is 2.39. The van der Waals surface area contributed by atoms with Crippen molar-refractivity contribution in [1.29, 1.82) is 0 Å². The van der Waals surface area contributed by atoms with Gasteiger partial charge in [0, 0.05) is 5.69 Å². The van der Waals surface area contributed by atoms with Gasteiger partial charge in [0.1, 0.15) is 11.5 Å². The number of rotatable bonds is 5. The Hall–Kier alpha value is -3.86. The van der Waals surface area contributed by atoms with E-state index in [2.05, 4.69) is 13.2 Å². The van der Waals surface area contributed by atoms with Gasteiger partial charge in [0.15, 0.2) is 0 Å². The quantitative estimate of drug-likeness (QED) is 0.495. The summed E-state index contributed by atoms with van der Waals surface area (Å²) in [6.07, 6.45) is 6.00. The molecule has 2 amide bonds. The first-order valence-corrected chi connectivity index (χ1v) is 8.23. The number of hydrogen-bond donors (Lipinski definition) is 1. The molecule has 1 saturated heterocycles. The number of amides is 2. The summed E-state index contributed by atoms with van der Waals surface area (Å²) in [6.45, 7) is 7.19. The van der Waals surface area contributed by atoms with Gasteiger partial charge in [-0.25, -0.2) is 4.90 Å². The maximum Gasteiger partial charge on any atom is 0.266 e. The molecule has 134 valence electrons. The topological polar surface area (TPSA) is 72.6 Å². The van der Waals surface area contributed by atoms with Crippen molar-refractivity contribution in [3.63, 3.8) is 0 Å². The number of nitrogens with zero attached hydrogens (tertiary/aromatic N) is 1. The number of carbonyl (C=O) groups excluding carboxylic acids is 2. The predicted molar refractivity (Wildman–Crippen MR) is 106 cm³/mol. The molecule has 2 aromatic rings. The zero-order chi connectivity index (χ0) is 19.4. The van der Waals surface area contributed by atoms with Crippen LogP contribution in [0.15, 0.2) is 97.1 Å². The molecule has 1 aliphatic rings. The number of imide groups is 1. The molecule has 27 heavy (non-hydrogen) atoms. The van der Waals surface area contributed by atoms with Crippen molar-refractivity contribution in [3.05, 3.63) is 97.1 Å². The van der Waals surface area contributed by atoms with E-state index in [0.717, 1.165) is 4.90 Å². The first-order valence-electron chi connectivity index (χ1n) is 8.23. The molecule has 0 radical (unpaired) electrons. The molecule has 5 heteroatoms. The molecule has 0 bridgehead atoms. The summed E-state index contributed by atoms with van der Waals surface area (Å²) >= 11 is 0. The average Bonchev–Trinajstić information content (AvgIpc) is 2.89. The first kappa shape index (κ1) is 17.9. The van der Waals surface area contributed by atoms with Crippen LogP contribution in [0.1, 0.15) is 0 Å². The number of anilines is 2. The van der Waals surface area contributed by atoms with Crippen molar-refractivity contribution in [2.75, 3.05) is 10.6 Å². The molecule has 0 unspecified atom stereocenters. The van der Waals surface area contributed by atoms with E-state index in [1.54, 1.807) is 48.5 Å². The van der Waals surface area contributed by atoms with E-state index in [9.17, 15) is 9.59 Å². The molecule has 0 saturated carbocycles. The summed E-state index contributed by atoms with van der Waals surface area (Å²) in [7, 11) is 0. The van der Waals surface area contributed by atoms with E-state index in [-0.39, 0.29) is 11.1 Å². The maximum absolute atomic E-state index is 12.7. The minimum Gasteiger partial charge on any atom is -0.457 e. The second-order valence-electron chi connectivity index (χ2n) is 5.74. The zero-order valence-electron chi connectivity index (χ0n) is 14.6. The maximum atomic E-state index is 12.7. The SMILES string of the molecule is C=C/C=C1/C(=O)N(c2ccc(Oc3ccc(N)cc3)cc2)C(=O)/C1=C/C=C. The normalized spacial score (nSPS) is 16.8. The second kappa shape index (κ2) is 7.58. The third kappa shape index (κ3) is 3.57. The van der Waals surface area contributed by atoms with Gasteiger partial charge in [-0.05, 0) is 60.7 Å². The highest BCUT2D eigenvalue weighted by Crippen LogP contribution is 2.32. The van der Waals surface area contributed by atoms with Crippen LogP contribution in [-0.2, 0) is 9.59 Å². The molecule has 2 aromatic carbocycles. The van der Waals surface area contributed by atoms with E-state index in [4.69, 9.17) is 10.5 Å². The summed E-state index contributed by atoms with van der Waals surface area (Å²) in [5.41, 5.74) is 7.34. The molecule has 5 nitrogen and oxygen atoms in total. The number of allylic oxidation sites excluding steroid dienone is 4. The van der Waals surface area contributed by atoms with Crippen LogP contribution in [0.3, 0.4) is 0 Å².